The van der Waals surface area contributed by atoms with Crippen molar-refractivity contribution in [1.82, 2.24) is 9.78 Å². The molecule has 0 saturated heterocycles. The summed E-state index contributed by atoms with van der Waals surface area (Å²) in [5.74, 6) is 1.01. The average molecular weight is 279 g/mol. The summed E-state index contributed by atoms with van der Waals surface area (Å²) in [6, 6.07) is 16.9. The van der Waals surface area contributed by atoms with Crippen molar-refractivity contribution < 1.29 is 9.53 Å². The minimum atomic E-state index is -0.495. The lowest BCUT2D eigenvalue weighted by molar-refractivity contribution is 0.100. The third kappa shape index (κ3) is 2.92. The highest BCUT2D eigenvalue weighted by atomic mass is 16.5. The number of hydrogen-bond acceptors (Lipinski definition) is 3. The van der Waals surface area contributed by atoms with Gasteiger partial charge in [0.1, 0.15) is 11.5 Å². The Kier molecular flexibility index (Phi) is 3.39. The van der Waals surface area contributed by atoms with E-state index in [2.05, 4.69) is 5.10 Å². The first-order valence-corrected chi connectivity index (χ1v) is 6.40. The predicted molar refractivity (Wildman–Crippen MR) is 78.6 cm³/mol. The van der Waals surface area contributed by atoms with Crippen LogP contribution in [-0.2, 0) is 0 Å². The van der Waals surface area contributed by atoms with Gasteiger partial charge < -0.3 is 10.5 Å². The molecule has 3 rings (SSSR count). The highest BCUT2D eigenvalue weighted by molar-refractivity contribution is 5.92. The second kappa shape index (κ2) is 5.50. The number of amides is 1. The maximum Gasteiger partial charge on any atom is 0.251 e. The summed E-state index contributed by atoms with van der Waals surface area (Å²) in [4.78, 5) is 11.1. The summed E-state index contributed by atoms with van der Waals surface area (Å²) in [7, 11) is 0. The molecule has 5 heteroatoms. The van der Waals surface area contributed by atoms with Crippen LogP contribution in [0.5, 0.6) is 11.5 Å². The van der Waals surface area contributed by atoms with E-state index in [9.17, 15) is 4.79 Å². The molecule has 0 atom stereocenters. The predicted octanol–water partition coefficient (Wildman–Crippen LogP) is 2.76. The van der Waals surface area contributed by atoms with Gasteiger partial charge in [0.05, 0.1) is 17.4 Å². The fourth-order valence-corrected chi connectivity index (χ4v) is 1.88. The van der Waals surface area contributed by atoms with E-state index in [4.69, 9.17) is 10.5 Å². The summed E-state index contributed by atoms with van der Waals surface area (Å²) in [6.07, 6.45) is 3.03. The zero-order valence-electron chi connectivity index (χ0n) is 11.1. The summed E-state index contributed by atoms with van der Waals surface area (Å²) in [5.41, 5.74) is 6.40. The molecule has 2 aromatic carbocycles. The van der Waals surface area contributed by atoms with Gasteiger partial charge in [-0.3, -0.25) is 4.79 Å². The quantitative estimate of drug-likeness (QED) is 0.798. The normalized spacial score (nSPS) is 10.3. The van der Waals surface area contributed by atoms with E-state index in [0.29, 0.717) is 5.56 Å². The molecule has 21 heavy (non-hydrogen) atoms. The third-order valence-electron chi connectivity index (χ3n) is 2.95. The topological polar surface area (TPSA) is 70.1 Å². The Bertz CT molecular complexity index is 749. The van der Waals surface area contributed by atoms with Crippen molar-refractivity contribution in [1.29, 1.82) is 0 Å². The van der Waals surface area contributed by atoms with Crippen LogP contribution in [0.25, 0.3) is 5.69 Å². The van der Waals surface area contributed by atoms with Crippen LogP contribution < -0.4 is 10.5 Å². The first-order chi connectivity index (χ1) is 10.2. The maximum atomic E-state index is 11.1. The molecule has 0 aliphatic carbocycles. The van der Waals surface area contributed by atoms with Crippen molar-refractivity contribution in [3.8, 4) is 17.2 Å². The summed E-state index contributed by atoms with van der Waals surface area (Å²) in [6.45, 7) is 0. The van der Waals surface area contributed by atoms with Gasteiger partial charge in [0.2, 0.25) is 0 Å². The number of benzene rings is 2. The Morgan fingerprint density at radius 1 is 1.00 bits per heavy atom. The molecule has 1 heterocycles. The minimum absolute atomic E-state index is 0.375. The van der Waals surface area contributed by atoms with Crippen molar-refractivity contribution in [3.05, 3.63) is 72.6 Å². The van der Waals surface area contributed by atoms with Gasteiger partial charge in [0.25, 0.3) is 5.91 Å². The Morgan fingerprint density at radius 2 is 1.67 bits per heavy atom. The Balaban J connectivity index is 1.78. The fourth-order valence-electron chi connectivity index (χ4n) is 1.88. The van der Waals surface area contributed by atoms with Crippen molar-refractivity contribution >= 4 is 5.91 Å². The van der Waals surface area contributed by atoms with Gasteiger partial charge in [0, 0.05) is 6.20 Å². The van der Waals surface area contributed by atoms with Crippen molar-refractivity contribution in [2.24, 2.45) is 5.73 Å². The van der Waals surface area contributed by atoms with Gasteiger partial charge in [-0.15, -0.1) is 0 Å². The van der Waals surface area contributed by atoms with Crippen molar-refractivity contribution in [2.45, 2.75) is 0 Å². The molecule has 0 radical (unpaired) electrons. The van der Waals surface area contributed by atoms with Crippen molar-refractivity contribution in [3.63, 3.8) is 0 Å². The van der Waals surface area contributed by atoms with Gasteiger partial charge in [-0.05, 0) is 36.4 Å². The molecule has 0 aliphatic rings. The zero-order valence-corrected chi connectivity index (χ0v) is 11.1. The molecule has 0 aliphatic heterocycles. The molecule has 0 fully saturated rings. The number of rotatable bonds is 4. The van der Waals surface area contributed by atoms with Crippen LogP contribution in [0.15, 0.2) is 67.0 Å². The molecular weight excluding hydrogens is 266 g/mol. The third-order valence-corrected chi connectivity index (χ3v) is 2.95. The van der Waals surface area contributed by atoms with E-state index in [1.807, 2.05) is 54.6 Å². The molecule has 0 bridgehead atoms. The molecule has 1 aromatic heterocycles. The number of para-hydroxylation sites is 1. The molecule has 0 saturated carbocycles. The second-order valence-electron chi connectivity index (χ2n) is 4.45. The number of carbonyl (C=O) groups excluding carboxylic acids is 1. The summed E-state index contributed by atoms with van der Waals surface area (Å²) >= 11 is 0. The molecule has 104 valence electrons. The van der Waals surface area contributed by atoms with Crippen LogP contribution >= 0.6 is 0 Å². The lowest BCUT2D eigenvalue weighted by Crippen LogP contribution is -2.09. The number of hydrogen-bond donors (Lipinski definition) is 1. The number of nitrogens with zero attached hydrogens (tertiary/aromatic N) is 2. The van der Waals surface area contributed by atoms with Crippen LogP contribution in [0.4, 0.5) is 0 Å². The standard InChI is InChI=1S/C16H13N3O2/c17-16(20)12-10-18-19(11-12)13-6-8-15(9-7-13)21-14-4-2-1-3-5-14/h1-11H,(H2,17,20). The molecular formula is C16H13N3O2. The monoisotopic (exact) mass is 279 g/mol. The number of ether oxygens (including phenoxy) is 1. The number of primary amides is 1. The zero-order chi connectivity index (χ0) is 14.7. The van der Waals surface area contributed by atoms with Gasteiger partial charge in [-0.1, -0.05) is 18.2 Å². The van der Waals surface area contributed by atoms with E-state index < -0.39 is 5.91 Å². The number of nitrogens with two attached hydrogens (primary N) is 1. The summed E-state index contributed by atoms with van der Waals surface area (Å²) in [5, 5.41) is 4.10. The highest BCUT2D eigenvalue weighted by Gasteiger charge is 2.05. The van der Waals surface area contributed by atoms with Gasteiger partial charge in [-0.25, -0.2) is 4.68 Å². The molecule has 2 N–H and O–H groups in total. The van der Waals surface area contributed by atoms with Crippen LogP contribution in [0.3, 0.4) is 0 Å². The van der Waals surface area contributed by atoms with E-state index in [1.54, 1.807) is 10.9 Å². The maximum absolute atomic E-state index is 11.1. The molecule has 0 unspecified atom stereocenters. The Morgan fingerprint density at radius 3 is 2.29 bits per heavy atom. The largest absolute Gasteiger partial charge is 0.457 e. The first kappa shape index (κ1) is 12.9. The molecule has 0 spiro atoms. The van der Waals surface area contributed by atoms with Crippen LogP contribution in [0, 0.1) is 0 Å². The second-order valence-corrected chi connectivity index (χ2v) is 4.45. The average Bonchev–Trinajstić information content (AvgIpc) is 2.99. The van der Waals surface area contributed by atoms with Crippen LogP contribution in [0.1, 0.15) is 10.4 Å². The van der Waals surface area contributed by atoms with E-state index in [-0.39, 0.29) is 0 Å². The lowest BCUT2D eigenvalue weighted by Gasteiger charge is -2.06. The number of aromatic nitrogens is 2. The highest BCUT2D eigenvalue weighted by Crippen LogP contribution is 2.22. The van der Waals surface area contributed by atoms with E-state index >= 15 is 0 Å². The molecule has 5 nitrogen and oxygen atoms in total. The SMILES string of the molecule is NC(=O)c1cnn(-c2ccc(Oc3ccccc3)cc2)c1. The minimum Gasteiger partial charge on any atom is -0.457 e. The molecule has 3 aromatic rings. The van der Waals surface area contributed by atoms with Crippen molar-refractivity contribution in [2.75, 3.05) is 0 Å². The van der Waals surface area contributed by atoms with E-state index in [0.717, 1.165) is 17.2 Å². The summed E-state index contributed by atoms with van der Waals surface area (Å²) < 4.78 is 7.30. The number of carbonyl (C=O) groups is 1. The smallest absolute Gasteiger partial charge is 0.251 e. The van der Waals surface area contributed by atoms with Gasteiger partial charge in [-0.2, -0.15) is 5.10 Å². The van der Waals surface area contributed by atoms with Crippen LogP contribution in [0.2, 0.25) is 0 Å². The first-order valence-electron chi connectivity index (χ1n) is 6.40. The van der Waals surface area contributed by atoms with Gasteiger partial charge >= 0.3 is 0 Å². The van der Waals surface area contributed by atoms with Gasteiger partial charge in [0.15, 0.2) is 0 Å². The fraction of sp³-hybridized carbons (Fsp3) is 0. The Labute approximate surface area is 121 Å². The van der Waals surface area contributed by atoms with E-state index in [1.165, 1.54) is 6.20 Å². The Hall–Kier alpha value is -3.08. The van der Waals surface area contributed by atoms with Crippen LogP contribution in [-0.4, -0.2) is 15.7 Å². The molecule has 1 amide bonds. The lowest BCUT2D eigenvalue weighted by atomic mass is 10.3.